The van der Waals surface area contributed by atoms with Gasteiger partial charge in [0.2, 0.25) is 11.8 Å². The van der Waals surface area contributed by atoms with Crippen LogP contribution in [0.1, 0.15) is 66.1 Å². The first-order valence-corrected chi connectivity index (χ1v) is 18.4. The van der Waals surface area contributed by atoms with Crippen molar-refractivity contribution in [2.75, 3.05) is 54.9 Å². The molecule has 1 aliphatic heterocycles. The van der Waals surface area contributed by atoms with Gasteiger partial charge < -0.3 is 34.6 Å². The minimum absolute atomic E-state index is 0.00601. The molecule has 3 aromatic carbocycles. The van der Waals surface area contributed by atoms with Crippen LogP contribution in [0.2, 0.25) is 0 Å². The fourth-order valence-corrected chi connectivity index (χ4v) is 7.28. The van der Waals surface area contributed by atoms with E-state index in [0.29, 0.717) is 116 Å². The number of ether oxygens (including phenoxy) is 1. The number of anilines is 4. The molecular weight excluding hydrogens is 712 g/mol. The molecule has 17 nitrogen and oxygen atoms in total. The second-order valence-electron chi connectivity index (χ2n) is 14.0. The van der Waals surface area contributed by atoms with Crippen molar-refractivity contribution in [2.45, 2.75) is 44.4 Å². The summed E-state index contributed by atoms with van der Waals surface area (Å²) in [5, 5.41) is 40.9. The van der Waals surface area contributed by atoms with Gasteiger partial charge in [0, 0.05) is 74.5 Å². The molecule has 3 aliphatic rings. The standard InChI is InChI=1S/C38H38N8O9/c47-36-25-5-1-2-6-26(25)37-34-33(36)29(41-32-21-28(42-54-32)22-7-8-22)20-31(35(34)43-55-37)44-15-11-23(12-16-44)38(48)40-14-4-18-53-17-3-13-39-27-10-9-24(45(49)50)19-30(27)46(51)52/h1-2,5-6,9-10,19-23,39,41H,3-4,7-8,11-18H2,(H,40,48). The van der Waals surface area contributed by atoms with E-state index in [1.807, 2.05) is 30.3 Å². The second kappa shape index (κ2) is 15.2. The molecule has 1 saturated carbocycles. The van der Waals surface area contributed by atoms with E-state index in [4.69, 9.17) is 13.8 Å². The minimum atomic E-state index is -0.674. The van der Waals surface area contributed by atoms with Crippen LogP contribution in [0.4, 0.5) is 34.3 Å². The number of nitrogens with zero attached hydrogens (tertiary/aromatic N) is 5. The van der Waals surface area contributed by atoms with Gasteiger partial charge in [-0.3, -0.25) is 29.8 Å². The van der Waals surface area contributed by atoms with E-state index in [0.717, 1.165) is 30.3 Å². The second-order valence-corrected chi connectivity index (χ2v) is 14.0. The molecule has 1 amide bonds. The molecule has 1 saturated heterocycles. The SMILES string of the molecule is O=C1c2ccccc2-c2onc3c(N4CCC(C(=O)NCCCOCCCNc5ccc([N+](=O)[O-])cc5[N+](=O)[O-])CC4)cc(Nc4cc(C5CC5)no4)c1c23. The molecule has 55 heavy (non-hydrogen) atoms. The fraction of sp³-hybridized carbons (Fsp3) is 0.368. The molecule has 0 radical (unpaired) electrons. The van der Waals surface area contributed by atoms with Crippen LogP contribution in [0.25, 0.3) is 22.2 Å². The predicted octanol–water partition coefficient (Wildman–Crippen LogP) is 6.71. The van der Waals surface area contributed by atoms with Gasteiger partial charge >= 0.3 is 0 Å². The van der Waals surface area contributed by atoms with Gasteiger partial charge in [-0.1, -0.05) is 34.6 Å². The Bertz CT molecular complexity index is 2290. The Morgan fingerprint density at radius 3 is 2.40 bits per heavy atom. The number of nitro benzene ring substituents is 2. The van der Waals surface area contributed by atoms with Crippen LogP contribution in [0, 0.1) is 26.1 Å². The zero-order valence-corrected chi connectivity index (χ0v) is 29.7. The van der Waals surface area contributed by atoms with Crippen molar-refractivity contribution >= 4 is 56.9 Å². The number of nitro groups is 2. The normalized spacial score (nSPS) is 15.2. The van der Waals surface area contributed by atoms with E-state index in [2.05, 4.69) is 31.2 Å². The average Bonchev–Trinajstić information content (AvgIpc) is 3.78. The Balaban J connectivity index is 0.838. The fourth-order valence-electron chi connectivity index (χ4n) is 7.28. The number of carbonyl (C=O) groups excluding carboxylic acids is 2. The van der Waals surface area contributed by atoms with Gasteiger partial charge in [-0.25, -0.2) is 0 Å². The van der Waals surface area contributed by atoms with E-state index in [9.17, 15) is 29.8 Å². The van der Waals surface area contributed by atoms with E-state index >= 15 is 0 Å². The topological polar surface area (TPSA) is 221 Å². The van der Waals surface area contributed by atoms with Crippen molar-refractivity contribution in [2.24, 2.45) is 5.92 Å². The number of rotatable bonds is 16. The summed E-state index contributed by atoms with van der Waals surface area (Å²) >= 11 is 0. The van der Waals surface area contributed by atoms with E-state index in [-0.39, 0.29) is 34.7 Å². The number of carbonyl (C=O) groups is 2. The summed E-state index contributed by atoms with van der Waals surface area (Å²) in [6, 6.07) is 14.7. The maximum atomic E-state index is 14.0. The molecule has 0 bridgehead atoms. The van der Waals surface area contributed by atoms with Gasteiger partial charge in [-0.15, -0.1) is 0 Å². The summed E-state index contributed by atoms with van der Waals surface area (Å²) < 4.78 is 17.2. The molecule has 0 spiro atoms. The van der Waals surface area contributed by atoms with E-state index < -0.39 is 9.85 Å². The van der Waals surface area contributed by atoms with Gasteiger partial charge in [0.15, 0.2) is 11.5 Å². The Morgan fingerprint density at radius 1 is 0.891 bits per heavy atom. The van der Waals surface area contributed by atoms with Crippen LogP contribution in [0.15, 0.2) is 63.6 Å². The van der Waals surface area contributed by atoms with Crippen LogP contribution in [0.3, 0.4) is 0 Å². The van der Waals surface area contributed by atoms with Gasteiger partial charge in [0.25, 0.3) is 11.4 Å². The average molecular weight is 751 g/mol. The monoisotopic (exact) mass is 750 g/mol. The number of piperidine rings is 1. The molecule has 0 atom stereocenters. The van der Waals surface area contributed by atoms with Gasteiger partial charge in [-0.05, 0) is 50.7 Å². The maximum Gasteiger partial charge on any atom is 0.299 e. The Hall–Kier alpha value is -6.36. The van der Waals surface area contributed by atoms with Crippen LogP contribution in [-0.2, 0) is 9.53 Å². The molecule has 3 N–H and O–H groups in total. The third-order valence-electron chi connectivity index (χ3n) is 10.3. The number of non-ortho nitro benzene ring substituents is 1. The number of benzene rings is 3. The predicted molar refractivity (Wildman–Crippen MR) is 201 cm³/mol. The van der Waals surface area contributed by atoms with Crippen molar-refractivity contribution in [3.05, 3.63) is 91.6 Å². The maximum absolute atomic E-state index is 14.0. The quantitative estimate of drug-likeness (QED) is 0.0532. The lowest BCUT2D eigenvalue weighted by molar-refractivity contribution is -0.393. The number of ketones is 1. The molecule has 2 fully saturated rings. The summed E-state index contributed by atoms with van der Waals surface area (Å²) in [5.74, 6) is 1.12. The Kier molecular flexibility index (Phi) is 9.84. The third kappa shape index (κ3) is 7.29. The first kappa shape index (κ1) is 35.7. The lowest BCUT2D eigenvalue weighted by Crippen LogP contribution is -2.41. The van der Waals surface area contributed by atoms with E-state index in [1.165, 1.54) is 12.1 Å². The minimum Gasteiger partial charge on any atom is -0.381 e. The van der Waals surface area contributed by atoms with E-state index in [1.54, 1.807) is 6.07 Å². The third-order valence-corrected chi connectivity index (χ3v) is 10.3. The lowest BCUT2D eigenvalue weighted by atomic mass is 9.86. The van der Waals surface area contributed by atoms with Crippen molar-refractivity contribution in [1.82, 2.24) is 15.6 Å². The highest BCUT2D eigenvalue weighted by Crippen LogP contribution is 2.47. The first-order chi connectivity index (χ1) is 26.8. The number of hydrogen-bond acceptors (Lipinski definition) is 14. The van der Waals surface area contributed by atoms with Gasteiger partial charge in [0.1, 0.15) is 11.2 Å². The lowest BCUT2D eigenvalue weighted by Gasteiger charge is -2.33. The zero-order chi connectivity index (χ0) is 38.1. The molecule has 2 aliphatic carbocycles. The summed E-state index contributed by atoms with van der Waals surface area (Å²) in [5.41, 5.74) is 4.11. The van der Waals surface area contributed by atoms with Gasteiger partial charge in [0.05, 0.1) is 43.9 Å². The van der Waals surface area contributed by atoms with Crippen molar-refractivity contribution in [3.8, 4) is 11.3 Å². The van der Waals surface area contributed by atoms with Crippen LogP contribution < -0.4 is 20.9 Å². The van der Waals surface area contributed by atoms with Crippen molar-refractivity contribution < 1.29 is 33.2 Å². The molecule has 2 aromatic heterocycles. The first-order valence-electron chi connectivity index (χ1n) is 18.4. The molecule has 284 valence electrons. The molecule has 8 rings (SSSR count). The Labute approximate surface area is 313 Å². The Morgan fingerprint density at radius 2 is 1.65 bits per heavy atom. The number of hydrogen-bond donors (Lipinski definition) is 3. The number of amides is 1. The van der Waals surface area contributed by atoms with Crippen LogP contribution in [-0.4, -0.2) is 71.2 Å². The highest BCUT2D eigenvalue weighted by atomic mass is 16.6. The van der Waals surface area contributed by atoms with Crippen LogP contribution >= 0.6 is 0 Å². The molecule has 3 heterocycles. The number of fused-ring (bicyclic) bond motifs is 2. The summed E-state index contributed by atoms with van der Waals surface area (Å²) in [6.45, 7) is 2.89. The van der Waals surface area contributed by atoms with Crippen molar-refractivity contribution in [3.63, 3.8) is 0 Å². The molecule has 0 unspecified atom stereocenters. The zero-order valence-electron chi connectivity index (χ0n) is 29.7. The highest BCUT2D eigenvalue weighted by Gasteiger charge is 2.35. The number of aromatic nitrogens is 2. The molecule has 17 heteroatoms. The van der Waals surface area contributed by atoms with Crippen LogP contribution in [0.5, 0.6) is 0 Å². The van der Waals surface area contributed by atoms with Crippen molar-refractivity contribution in [1.29, 1.82) is 0 Å². The molecule has 5 aromatic rings. The summed E-state index contributed by atoms with van der Waals surface area (Å²) in [6.07, 6.45) is 4.62. The smallest absolute Gasteiger partial charge is 0.299 e. The molecular formula is C38H38N8O9. The number of nitrogens with one attached hydrogen (secondary N) is 3. The summed E-state index contributed by atoms with van der Waals surface area (Å²) in [4.78, 5) is 50.2. The van der Waals surface area contributed by atoms with Gasteiger partial charge in [-0.2, -0.15) is 0 Å². The largest absolute Gasteiger partial charge is 0.381 e. The highest BCUT2D eigenvalue weighted by molar-refractivity contribution is 6.28. The summed E-state index contributed by atoms with van der Waals surface area (Å²) in [7, 11) is 0.